The Balaban J connectivity index is 2.19. The molecular weight excluding hydrogens is 521 g/mol. The normalized spacial score (nSPS) is 30.4. The lowest BCUT2D eigenvalue weighted by Crippen LogP contribution is -2.39. The molecular formula is C12H19N2O16P3. The first-order chi connectivity index (χ1) is 15.1. The maximum atomic E-state index is 12.3. The highest BCUT2D eigenvalue weighted by atomic mass is 31.3. The number of aliphatic hydroxyl groups is 2. The number of carbonyl (C=O) groups excluding carboxylic acids is 1. The van der Waals surface area contributed by atoms with Gasteiger partial charge in [-0.3, -0.25) is 19.1 Å². The molecule has 1 aromatic rings. The molecule has 2 rings (SSSR count). The van der Waals surface area contributed by atoms with Gasteiger partial charge in [-0.2, -0.15) is 12.9 Å². The van der Waals surface area contributed by atoms with E-state index in [2.05, 4.69) is 22.2 Å². The van der Waals surface area contributed by atoms with E-state index in [0.29, 0.717) is 4.57 Å². The number of aliphatic hydroxyl groups excluding tert-OH is 2. The summed E-state index contributed by atoms with van der Waals surface area (Å²) in [5, 5.41) is 20.0. The predicted octanol–water partition coefficient (Wildman–Crippen LogP) is -1.14. The van der Waals surface area contributed by atoms with E-state index in [1.54, 1.807) is 0 Å². The van der Waals surface area contributed by atoms with Crippen LogP contribution in [0.1, 0.15) is 18.9 Å². The van der Waals surface area contributed by atoms with E-state index in [1.165, 1.54) is 0 Å². The molecule has 0 radical (unpaired) electrons. The summed E-state index contributed by atoms with van der Waals surface area (Å²) in [6, 6.07) is 0. The number of methoxy groups -OCH3 is 1. The minimum atomic E-state index is -5.32. The topological polar surface area (TPSA) is 259 Å². The van der Waals surface area contributed by atoms with Crippen molar-refractivity contribution in [1.29, 1.82) is 0 Å². The molecule has 188 valence electrons. The zero-order valence-corrected chi connectivity index (χ0v) is 19.4. The van der Waals surface area contributed by atoms with E-state index < -0.39 is 72.3 Å². The lowest BCUT2D eigenvalue weighted by Gasteiger charge is -2.29. The van der Waals surface area contributed by atoms with E-state index >= 15 is 0 Å². The summed E-state index contributed by atoms with van der Waals surface area (Å²) in [4.78, 5) is 55.4. The Kier molecular flexibility index (Phi) is 8.73. The van der Waals surface area contributed by atoms with Gasteiger partial charge in [0.25, 0.3) is 5.56 Å². The van der Waals surface area contributed by atoms with Crippen molar-refractivity contribution in [2.24, 2.45) is 0 Å². The first-order valence-corrected chi connectivity index (χ1v) is 13.0. The lowest BCUT2D eigenvalue weighted by molar-refractivity contribution is -0.213. The fourth-order valence-corrected chi connectivity index (χ4v) is 7.13. The van der Waals surface area contributed by atoms with Crippen LogP contribution in [0.5, 0.6) is 0 Å². The molecule has 1 aliphatic rings. The molecule has 21 heteroatoms. The van der Waals surface area contributed by atoms with Crippen LogP contribution in [0.15, 0.2) is 15.8 Å². The minimum absolute atomic E-state index is 0.292. The molecule has 2 heterocycles. The molecule has 0 aromatic carbocycles. The largest absolute Gasteiger partial charge is 0.492 e. The van der Waals surface area contributed by atoms with Crippen molar-refractivity contribution in [1.82, 2.24) is 9.55 Å². The number of carbonyl (C=O) groups is 1. The molecule has 0 amide bonds. The van der Waals surface area contributed by atoms with Gasteiger partial charge in [0.1, 0.15) is 6.10 Å². The number of nitrogens with zero attached hydrogens (tertiary/aromatic N) is 1. The van der Waals surface area contributed by atoms with E-state index in [0.717, 1.165) is 20.2 Å². The molecule has 0 spiro atoms. The Morgan fingerprint density at radius 2 is 1.73 bits per heavy atom. The number of nitrogens with one attached hydrogen (secondary N) is 1. The number of esters is 1. The second-order valence-electron chi connectivity index (χ2n) is 6.24. The standard InChI is InChI=1S/C12H19N2O16P3/c1-6(15)8(5-26-33(24)29-31(20,21)28-32(22,23)30-33)27-12(19)14-4-7(3-9(16)25-2)10(17)13-11(14)18/h4,6,8,12,15,19H,3,5H2,1-2H3,(H,20,21)(H,22,23)(H,13,17,18)/t6-,8-,12+/m1/s1. The number of hydrogen-bond donors (Lipinski definition) is 5. The third-order valence-corrected chi connectivity index (χ3v) is 9.05. The van der Waals surface area contributed by atoms with E-state index in [9.17, 15) is 48.1 Å². The molecule has 18 nitrogen and oxygen atoms in total. The van der Waals surface area contributed by atoms with Crippen molar-refractivity contribution in [3.8, 4) is 0 Å². The first kappa shape index (κ1) is 27.7. The fraction of sp³-hybridized carbons (Fsp3) is 0.583. The molecule has 5 atom stereocenters. The monoisotopic (exact) mass is 540 g/mol. The van der Waals surface area contributed by atoms with Crippen LogP contribution in [0.25, 0.3) is 0 Å². The number of aromatic amines is 1. The molecule has 33 heavy (non-hydrogen) atoms. The zero-order valence-electron chi connectivity index (χ0n) is 16.7. The van der Waals surface area contributed by atoms with Crippen LogP contribution in [0.3, 0.4) is 0 Å². The molecule has 5 N–H and O–H groups in total. The van der Waals surface area contributed by atoms with Crippen LogP contribution in [0.2, 0.25) is 0 Å². The maximum absolute atomic E-state index is 12.3. The average Bonchev–Trinajstić information content (AvgIpc) is 2.63. The van der Waals surface area contributed by atoms with E-state index in [-0.39, 0.29) is 5.56 Å². The molecule has 2 unspecified atom stereocenters. The van der Waals surface area contributed by atoms with Gasteiger partial charge in [-0.1, -0.05) is 0 Å². The van der Waals surface area contributed by atoms with Crippen LogP contribution in [-0.4, -0.2) is 61.4 Å². The summed E-state index contributed by atoms with van der Waals surface area (Å²) in [5.74, 6) is -0.833. The van der Waals surface area contributed by atoms with Crippen molar-refractivity contribution in [3.05, 3.63) is 32.6 Å². The Hall–Kier alpha value is -1.52. The smallest absolute Gasteiger partial charge is 0.469 e. The van der Waals surface area contributed by atoms with Crippen LogP contribution < -0.4 is 11.2 Å². The summed E-state index contributed by atoms with van der Waals surface area (Å²) in [6.07, 6.45) is -5.22. The van der Waals surface area contributed by atoms with Crippen molar-refractivity contribution < 1.29 is 65.4 Å². The number of ether oxygens (including phenoxy) is 2. The van der Waals surface area contributed by atoms with Gasteiger partial charge < -0.3 is 29.5 Å². The van der Waals surface area contributed by atoms with E-state index in [4.69, 9.17) is 4.74 Å². The number of aromatic nitrogens is 2. The summed E-state index contributed by atoms with van der Waals surface area (Å²) >= 11 is 0. The average molecular weight is 540 g/mol. The lowest BCUT2D eigenvalue weighted by atomic mass is 10.2. The maximum Gasteiger partial charge on any atom is 0.492 e. The Bertz CT molecular complexity index is 1110. The number of H-pyrrole nitrogens is 1. The van der Waals surface area contributed by atoms with Crippen molar-refractivity contribution in [2.75, 3.05) is 13.7 Å². The van der Waals surface area contributed by atoms with Crippen LogP contribution in [0.4, 0.5) is 0 Å². The fourth-order valence-electron chi connectivity index (χ4n) is 2.20. The Morgan fingerprint density at radius 3 is 2.24 bits per heavy atom. The van der Waals surface area contributed by atoms with Crippen molar-refractivity contribution in [2.45, 2.75) is 32.0 Å². The molecule has 0 aliphatic carbocycles. The third-order valence-electron chi connectivity index (χ3n) is 3.69. The van der Waals surface area contributed by atoms with Crippen LogP contribution in [-0.2, 0) is 51.8 Å². The summed E-state index contributed by atoms with van der Waals surface area (Å²) in [6.45, 7) is 0.0493. The van der Waals surface area contributed by atoms with Crippen LogP contribution >= 0.6 is 23.5 Å². The zero-order chi connectivity index (χ0) is 25.2. The highest BCUT2D eigenvalue weighted by Crippen LogP contribution is 2.79. The van der Waals surface area contributed by atoms with Gasteiger partial charge in [0.05, 0.1) is 26.2 Å². The molecule has 0 bridgehead atoms. The number of phosphoric acid groups is 3. The molecule has 1 fully saturated rings. The van der Waals surface area contributed by atoms with Gasteiger partial charge in [0.2, 0.25) is 6.41 Å². The Labute approximate surface area is 183 Å². The molecule has 1 saturated heterocycles. The minimum Gasteiger partial charge on any atom is -0.469 e. The molecule has 1 aliphatic heterocycles. The number of hydrogen-bond acceptors (Lipinski definition) is 14. The predicted molar refractivity (Wildman–Crippen MR) is 101 cm³/mol. The van der Waals surface area contributed by atoms with Gasteiger partial charge in [0.15, 0.2) is 0 Å². The van der Waals surface area contributed by atoms with E-state index in [1.807, 2.05) is 4.98 Å². The van der Waals surface area contributed by atoms with Crippen molar-refractivity contribution >= 4 is 29.4 Å². The van der Waals surface area contributed by atoms with Gasteiger partial charge >= 0.3 is 35.1 Å². The van der Waals surface area contributed by atoms with Crippen molar-refractivity contribution in [3.63, 3.8) is 0 Å². The Morgan fingerprint density at radius 1 is 1.15 bits per heavy atom. The second-order valence-corrected chi connectivity index (χ2v) is 11.2. The van der Waals surface area contributed by atoms with Gasteiger partial charge in [-0.15, -0.1) is 0 Å². The molecule has 1 aromatic heterocycles. The number of rotatable bonds is 9. The van der Waals surface area contributed by atoms with Gasteiger partial charge in [-0.05, 0) is 6.92 Å². The van der Waals surface area contributed by atoms with Gasteiger partial charge in [-0.25, -0.2) is 23.1 Å². The van der Waals surface area contributed by atoms with Crippen LogP contribution in [0, 0.1) is 0 Å². The summed E-state index contributed by atoms with van der Waals surface area (Å²) in [7, 11) is -14.8. The molecule has 0 saturated carbocycles. The quantitative estimate of drug-likeness (QED) is 0.141. The first-order valence-electron chi connectivity index (χ1n) is 8.53. The highest BCUT2D eigenvalue weighted by molar-refractivity contribution is 7.74. The third kappa shape index (κ3) is 7.75. The SMILES string of the molecule is COC(=O)Cc1cn([C@@H](O)O[C@H](COP2(=O)OP(=O)(O)OP(=O)(O)O2)[C@@H](C)O)c(=O)[nH]c1=O. The highest BCUT2D eigenvalue weighted by Gasteiger charge is 2.54. The summed E-state index contributed by atoms with van der Waals surface area (Å²) < 4.78 is 61.4. The second kappa shape index (κ2) is 10.4. The van der Waals surface area contributed by atoms with Gasteiger partial charge in [0, 0.05) is 11.8 Å². The summed E-state index contributed by atoms with van der Waals surface area (Å²) in [5.41, 5.74) is -2.42.